The third-order valence-corrected chi connectivity index (χ3v) is 4.57. The fourth-order valence-corrected chi connectivity index (χ4v) is 3.06. The molecule has 1 aromatic heterocycles. The van der Waals surface area contributed by atoms with E-state index in [2.05, 4.69) is 15.5 Å². The largest absolute Gasteiger partial charge is 0.494 e. The number of benzene rings is 2. The van der Waals surface area contributed by atoms with Crippen LogP contribution in [-0.2, 0) is 4.79 Å². The van der Waals surface area contributed by atoms with Crippen molar-refractivity contribution in [3.05, 3.63) is 58.1 Å². The third-order valence-electron chi connectivity index (χ3n) is 3.75. The molecule has 29 heavy (non-hydrogen) atoms. The van der Waals surface area contributed by atoms with Crippen LogP contribution < -0.4 is 10.1 Å². The highest BCUT2D eigenvalue weighted by Crippen LogP contribution is 2.30. The topological polar surface area (TPSA) is 120 Å². The molecule has 0 unspecified atom stereocenters. The Bertz CT molecular complexity index is 1040. The van der Waals surface area contributed by atoms with Gasteiger partial charge in [-0.05, 0) is 38.1 Å². The van der Waals surface area contributed by atoms with Gasteiger partial charge in [0.15, 0.2) is 0 Å². The van der Waals surface area contributed by atoms with Crippen LogP contribution in [-0.4, -0.2) is 33.4 Å². The summed E-state index contributed by atoms with van der Waals surface area (Å²) in [5.41, 5.74) is 1.70. The second-order valence-corrected chi connectivity index (χ2v) is 6.88. The second-order valence-electron chi connectivity index (χ2n) is 5.95. The molecule has 1 heterocycles. The summed E-state index contributed by atoms with van der Waals surface area (Å²) in [7, 11) is 0. The van der Waals surface area contributed by atoms with Crippen LogP contribution in [0, 0.1) is 17.0 Å². The number of amides is 1. The Balaban J connectivity index is 1.63. The Morgan fingerprint density at radius 2 is 2.10 bits per heavy atom. The standard InChI is InChI=1S/C19H18N4O5S/c1-3-27-14-7-8-15(16(10-14)23(25)26)20-17(24)11-29-19-22-21-18(28-19)13-6-4-5-12(2)9-13/h4-10H,3,11H2,1-2H3,(H,20,24). The van der Waals surface area contributed by atoms with E-state index in [4.69, 9.17) is 9.15 Å². The number of thioether (sulfide) groups is 1. The van der Waals surface area contributed by atoms with Crippen molar-refractivity contribution in [2.45, 2.75) is 19.1 Å². The molecule has 10 heteroatoms. The summed E-state index contributed by atoms with van der Waals surface area (Å²) in [6, 6.07) is 11.9. The predicted octanol–water partition coefficient (Wildman–Crippen LogP) is 4.08. The lowest BCUT2D eigenvalue weighted by molar-refractivity contribution is -0.384. The minimum absolute atomic E-state index is 0.0418. The molecule has 150 valence electrons. The monoisotopic (exact) mass is 414 g/mol. The van der Waals surface area contributed by atoms with Crippen molar-refractivity contribution in [1.82, 2.24) is 10.2 Å². The normalized spacial score (nSPS) is 10.6. The molecule has 2 aromatic carbocycles. The van der Waals surface area contributed by atoms with Crippen molar-refractivity contribution in [2.24, 2.45) is 0 Å². The van der Waals surface area contributed by atoms with Gasteiger partial charge in [-0.2, -0.15) is 0 Å². The van der Waals surface area contributed by atoms with Gasteiger partial charge in [-0.1, -0.05) is 29.5 Å². The summed E-state index contributed by atoms with van der Waals surface area (Å²) in [6.07, 6.45) is 0. The first-order chi connectivity index (χ1) is 14.0. The zero-order chi connectivity index (χ0) is 20.8. The van der Waals surface area contributed by atoms with Crippen molar-refractivity contribution in [3.63, 3.8) is 0 Å². The maximum Gasteiger partial charge on any atom is 0.296 e. The number of rotatable bonds is 8. The van der Waals surface area contributed by atoms with Crippen molar-refractivity contribution in [3.8, 4) is 17.2 Å². The number of ether oxygens (including phenoxy) is 1. The fraction of sp³-hybridized carbons (Fsp3) is 0.211. The zero-order valence-electron chi connectivity index (χ0n) is 15.7. The molecule has 0 aliphatic rings. The van der Waals surface area contributed by atoms with Crippen LogP contribution >= 0.6 is 11.8 Å². The van der Waals surface area contributed by atoms with Crippen LogP contribution in [0.3, 0.4) is 0 Å². The minimum atomic E-state index is -0.572. The first-order valence-electron chi connectivity index (χ1n) is 8.70. The number of carbonyl (C=O) groups is 1. The van der Waals surface area contributed by atoms with Gasteiger partial charge >= 0.3 is 0 Å². The average Bonchev–Trinajstić information content (AvgIpc) is 3.17. The van der Waals surface area contributed by atoms with Gasteiger partial charge in [-0.3, -0.25) is 14.9 Å². The van der Waals surface area contributed by atoms with Crippen molar-refractivity contribution in [1.29, 1.82) is 0 Å². The van der Waals surface area contributed by atoms with E-state index in [1.54, 1.807) is 13.0 Å². The van der Waals surface area contributed by atoms with E-state index in [0.717, 1.165) is 22.9 Å². The third kappa shape index (κ3) is 5.32. The molecule has 0 aliphatic carbocycles. The molecule has 0 spiro atoms. The van der Waals surface area contributed by atoms with Gasteiger partial charge in [0.25, 0.3) is 10.9 Å². The van der Waals surface area contributed by atoms with E-state index in [1.165, 1.54) is 12.1 Å². The summed E-state index contributed by atoms with van der Waals surface area (Å²) in [6.45, 7) is 4.12. The van der Waals surface area contributed by atoms with Crippen molar-refractivity contribution in [2.75, 3.05) is 17.7 Å². The van der Waals surface area contributed by atoms with Gasteiger partial charge in [-0.15, -0.1) is 10.2 Å². The first-order valence-corrected chi connectivity index (χ1v) is 9.69. The molecule has 3 rings (SSSR count). The fourth-order valence-electron chi connectivity index (χ4n) is 2.50. The van der Waals surface area contributed by atoms with Gasteiger partial charge in [-0.25, -0.2) is 0 Å². The maximum absolute atomic E-state index is 12.2. The quantitative estimate of drug-likeness (QED) is 0.332. The minimum Gasteiger partial charge on any atom is -0.494 e. The smallest absolute Gasteiger partial charge is 0.296 e. The average molecular weight is 414 g/mol. The molecular weight excluding hydrogens is 396 g/mol. The summed E-state index contributed by atoms with van der Waals surface area (Å²) < 4.78 is 10.8. The number of nitro benzene ring substituents is 1. The number of hydrogen-bond acceptors (Lipinski definition) is 8. The molecule has 1 N–H and O–H groups in total. The number of aromatic nitrogens is 2. The molecule has 0 atom stereocenters. The van der Waals surface area contributed by atoms with Gasteiger partial charge in [0.1, 0.15) is 11.4 Å². The first kappa shape index (κ1) is 20.3. The Labute approximate surface area is 170 Å². The second kappa shape index (κ2) is 9.20. The molecule has 1 amide bonds. The Kier molecular flexibility index (Phi) is 6.45. The SMILES string of the molecule is CCOc1ccc(NC(=O)CSc2nnc(-c3cccc(C)c3)o2)c([N+](=O)[O-])c1. The Hall–Kier alpha value is -3.40. The van der Waals surface area contributed by atoms with E-state index < -0.39 is 10.8 Å². The number of aryl methyl sites for hydroxylation is 1. The summed E-state index contributed by atoms with van der Waals surface area (Å²) in [4.78, 5) is 22.9. The van der Waals surface area contributed by atoms with Crippen LogP contribution in [0.1, 0.15) is 12.5 Å². The maximum atomic E-state index is 12.2. The molecule has 9 nitrogen and oxygen atoms in total. The van der Waals surface area contributed by atoms with Crippen LogP contribution in [0.15, 0.2) is 52.1 Å². The molecule has 0 aliphatic heterocycles. The van der Waals surface area contributed by atoms with Gasteiger partial charge in [0, 0.05) is 5.56 Å². The zero-order valence-corrected chi connectivity index (χ0v) is 16.6. The highest BCUT2D eigenvalue weighted by Gasteiger charge is 2.18. The van der Waals surface area contributed by atoms with Gasteiger partial charge in [0.05, 0.1) is 23.3 Å². The van der Waals surface area contributed by atoms with E-state index >= 15 is 0 Å². The highest BCUT2D eigenvalue weighted by molar-refractivity contribution is 7.99. The highest BCUT2D eigenvalue weighted by atomic mass is 32.2. The van der Waals surface area contributed by atoms with E-state index in [0.29, 0.717) is 18.2 Å². The van der Waals surface area contributed by atoms with E-state index in [1.807, 2.05) is 31.2 Å². The number of nitrogens with one attached hydrogen (secondary N) is 1. The molecule has 3 aromatic rings. The molecule has 0 radical (unpaired) electrons. The summed E-state index contributed by atoms with van der Waals surface area (Å²) >= 11 is 1.05. The van der Waals surface area contributed by atoms with Crippen LogP contribution in [0.5, 0.6) is 5.75 Å². The number of anilines is 1. The van der Waals surface area contributed by atoms with Crippen LogP contribution in [0.2, 0.25) is 0 Å². The lowest BCUT2D eigenvalue weighted by atomic mass is 10.1. The van der Waals surface area contributed by atoms with Crippen LogP contribution in [0.25, 0.3) is 11.5 Å². The Morgan fingerprint density at radius 3 is 2.83 bits per heavy atom. The lowest BCUT2D eigenvalue weighted by Gasteiger charge is -2.07. The number of nitro groups is 1. The van der Waals surface area contributed by atoms with Crippen molar-refractivity contribution < 1.29 is 18.9 Å². The summed E-state index contributed by atoms with van der Waals surface area (Å²) in [5.74, 6) is 0.247. The molecule has 0 saturated heterocycles. The number of hydrogen-bond donors (Lipinski definition) is 1. The molecule has 0 bridgehead atoms. The van der Waals surface area contributed by atoms with Gasteiger partial charge < -0.3 is 14.5 Å². The van der Waals surface area contributed by atoms with E-state index in [9.17, 15) is 14.9 Å². The summed E-state index contributed by atoms with van der Waals surface area (Å²) in [5, 5.41) is 21.9. The van der Waals surface area contributed by atoms with Gasteiger partial charge in [0.2, 0.25) is 11.8 Å². The number of carbonyl (C=O) groups excluding carboxylic acids is 1. The molecular formula is C19H18N4O5S. The van der Waals surface area contributed by atoms with E-state index in [-0.39, 0.29) is 22.4 Å². The van der Waals surface area contributed by atoms with Crippen molar-refractivity contribution >= 4 is 29.0 Å². The van der Waals surface area contributed by atoms with Crippen LogP contribution in [0.4, 0.5) is 11.4 Å². The predicted molar refractivity (Wildman–Crippen MR) is 108 cm³/mol. The molecule has 0 saturated carbocycles. The molecule has 0 fully saturated rings. The lowest BCUT2D eigenvalue weighted by Crippen LogP contribution is -2.15. The number of nitrogens with zero attached hydrogens (tertiary/aromatic N) is 3. The Morgan fingerprint density at radius 1 is 1.28 bits per heavy atom.